The van der Waals surface area contributed by atoms with E-state index in [2.05, 4.69) is 20.6 Å². The molecule has 1 aliphatic rings. The lowest BCUT2D eigenvalue weighted by Gasteiger charge is -2.24. The van der Waals surface area contributed by atoms with Crippen molar-refractivity contribution in [3.63, 3.8) is 0 Å². The molecule has 0 aliphatic carbocycles. The monoisotopic (exact) mass is 244 g/mol. The summed E-state index contributed by atoms with van der Waals surface area (Å²) >= 11 is 0. The number of anilines is 1. The smallest absolute Gasteiger partial charge is 0.130 e. The van der Waals surface area contributed by atoms with Gasteiger partial charge in [-0.1, -0.05) is 0 Å². The molecule has 5 nitrogen and oxygen atoms in total. The Bertz CT molecular complexity index is 491. The number of piperidine rings is 1. The Hall–Kier alpha value is -1.88. The maximum Gasteiger partial charge on any atom is 0.130 e. The third-order valence-corrected chi connectivity index (χ3v) is 3.18. The van der Waals surface area contributed by atoms with E-state index in [0.717, 1.165) is 43.0 Å². The van der Waals surface area contributed by atoms with Gasteiger partial charge in [-0.15, -0.1) is 0 Å². The first-order valence-corrected chi connectivity index (χ1v) is 6.24. The first kappa shape index (κ1) is 11.2. The molecule has 0 spiro atoms. The van der Waals surface area contributed by atoms with Crippen LogP contribution >= 0.6 is 0 Å². The van der Waals surface area contributed by atoms with E-state index in [1.165, 1.54) is 0 Å². The van der Waals surface area contributed by atoms with Gasteiger partial charge in [0, 0.05) is 17.7 Å². The summed E-state index contributed by atoms with van der Waals surface area (Å²) in [7, 11) is 0. The molecule has 2 N–H and O–H groups in total. The van der Waals surface area contributed by atoms with Gasteiger partial charge in [-0.3, -0.25) is 0 Å². The molecule has 1 aliphatic heterocycles. The van der Waals surface area contributed by atoms with Crippen LogP contribution in [0.3, 0.4) is 0 Å². The van der Waals surface area contributed by atoms with Crippen molar-refractivity contribution in [3.05, 3.63) is 31.0 Å². The summed E-state index contributed by atoms with van der Waals surface area (Å²) in [5, 5.41) is 6.81. The molecule has 0 bridgehead atoms. The zero-order valence-corrected chi connectivity index (χ0v) is 10.1. The Labute approximate surface area is 106 Å². The molecule has 2 aromatic heterocycles. The highest BCUT2D eigenvalue weighted by atomic mass is 16.3. The van der Waals surface area contributed by atoms with Crippen LogP contribution in [-0.4, -0.2) is 29.1 Å². The van der Waals surface area contributed by atoms with Crippen LogP contribution in [0.2, 0.25) is 0 Å². The first-order valence-electron chi connectivity index (χ1n) is 6.24. The van der Waals surface area contributed by atoms with Gasteiger partial charge in [0.05, 0.1) is 18.2 Å². The molecule has 0 radical (unpaired) electrons. The van der Waals surface area contributed by atoms with E-state index in [0.29, 0.717) is 6.04 Å². The van der Waals surface area contributed by atoms with Crippen LogP contribution in [0.4, 0.5) is 5.82 Å². The number of hydrogen-bond acceptors (Lipinski definition) is 5. The Balaban J connectivity index is 1.74. The minimum Gasteiger partial charge on any atom is -0.472 e. The SMILES string of the molecule is c1nc(NC2CCNCC2)cc(-c2ccoc2)n1. The van der Waals surface area contributed by atoms with E-state index in [1.54, 1.807) is 18.9 Å². The van der Waals surface area contributed by atoms with Crippen molar-refractivity contribution in [2.24, 2.45) is 0 Å². The summed E-state index contributed by atoms with van der Waals surface area (Å²) < 4.78 is 5.07. The predicted molar refractivity (Wildman–Crippen MR) is 69.2 cm³/mol. The van der Waals surface area contributed by atoms with Gasteiger partial charge < -0.3 is 15.1 Å². The number of aromatic nitrogens is 2. The predicted octanol–water partition coefficient (Wildman–Crippen LogP) is 1.90. The topological polar surface area (TPSA) is 63.0 Å². The van der Waals surface area contributed by atoms with Gasteiger partial charge in [-0.25, -0.2) is 9.97 Å². The Kier molecular flexibility index (Phi) is 3.23. The number of hydrogen-bond donors (Lipinski definition) is 2. The molecule has 3 heterocycles. The molecule has 5 heteroatoms. The molecule has 1 saturated heterocycles. The highest BCUT2D eigenvalue weighted by Gasteiger charge is 2.13. The molecule has 0 amide bonds. The van der Waals surface area contributed by atoms with Crippen molar-refractivity contribution in [2.75, 3.05) is 18.4 Å². The Morgan fingerprint density at radius 2 is 2.17 bits per heavy atom. The average molecular weight is 244 g/mol. The summed E-state index contributed by atoms with van der Waals surface area (Å²) in [4.78, 5) is 8.52. The van der Waals surface area contributed by atoms with Gasteiger partial charge in [0.15, 0.2) is 0 Å². The van der Waals surface area contributed by atoms with Crippen LogP contribution in [0.15, 0.2) is 35.4 Å². The first-order chi connectivity index (χ1) is 8.92. The third kappa shape index (κ3) is 2.51. The van der Waals surface area contributed by atoms with E-state index in [1.807, 2.05) is 12.1 Å². The Morgan fingerprint density at radius 3 is 2.94 bits per heavy atom. The van der Waals surface area contributed by atoms with Gasteiger partial charge in [-0.05, 0) is 32.0 Å². The van der Waals surface area contributed by atoms with Crippen molar-refractivity contribution in [1.29, 1.82) is 0 Å². The van der Waals surface area contributed by atoms with Crippen LogP contribution < -0.4 is 10.6 Å². The van der Waals surface area contributed by atoms with Crippen molar-refractivity contribution in [1.82, 2.24) is 15.3 Å². The van der Waals surface area contributed by atoms with Gasteiger partial charge in [0.25, 0.3) is 0 Å². The lowest BCUT2D eigenvalue weighted by Crippen LogP contribution is -2.35. The van der Waals surface area contributed by atoms with Crippen molar-refractivity contribution < 1.29 is 4.42 Å². The highest BCUT2D eigenvalue weighted by Crippen LogP contribution is 2.20. The minimum absolute atomic E-state index is 0.498. The fourth-order valence-corrected chi connectivity index (χ4v) is 2.18. The van der Waals surface area contributed by atoms with E-state index in [9.17, 15) is 0 Å². The molecule has 18 heavy (non-hydrogen) atoms. The molecule has 3 rings (SSSR count). The minimum atomic E-state index is 0.498. The molecule has 94 valence electrons. The second-order valence-electron chi connectivity index (χ2n) is 4.47. The van der Waals surface area contributed by atoms with Crippen molar-refractivity contribution in [3.8, 4) is 11.3 Å². The van der Waals surface area contributed by atoms with Gasteiger partial charge in [-0.2, -0.15) is 0 Å². The highest BCUT2D eigenvalue weighted by molar-refractivity contribution is 5.60. The number of rotatable bonds is 3. The van der Waals surface area contributed by atoms with Crippen LogP contribution in [0.5, 0.6) is 0 Å². The van der Waals surface area contributed by atoms with Crippen LogP contribution in [0.1, 0.15) is 12.8 Å². The Morgan fingerprint density at radius 1 is 1.28 bits per heavy atom. The lowest BCUT2D eigenvalue weighted by molar-refractivity contribution is 0.478. The molecule has 2 aromatic rings. The second-order valence-corrected chi connectivity index (χ2v) is 4.47. The molecular formula is C13H16N4O. The van der Waals surface area contributed by atoms with Crippen LogP contribution in [0.25, 0.3) is 11.3 Å². The zero-order valence-electron chi connectivity index (χ0n) is 10.1. The summed E-state index contributed by atoms with van der Waals surface area (Å²) in [6.07, 6.45) is 7.19. The standard InChI is InChI=1S/C13H16N4O/c1-4-14-5-2-11(1)17-13-7-12(15-9-16-13)10-3-6-18-8-10/h3,6-9,11,14H,1-2,4-5H2,(H,15,16,17). The fourth-order valence-electron chi connectivity index (χ4n) is 2.18. The summed E-state index contributed by atoms with van der Waals surface area (Å²) in [6, 6.07) is 4.36. The van der Waals surface area contributed by atoms with Gasteiger partial charge >= 0.3 is 0 Å². The van der Waals surface area contributed by atoms with E-state index >= 15 is 0 Å². The third-order valence-electron chi connectivity index (χ3n) is 3.18. The maximum absolute atomic E-state index is 5.07. The second kappa shape index (κ2) is 5.18. The molecule has 0 unspecified atom stereocenters. The average Bonchev–Trinajstić information content (AvgIpc) is 2.94. The van der Waals surface area contributed by atoms with Crippen molar-refractivity contribution >= 4 is 5.82 Å². The lowest BCUT2D eigenvalue weighted by atomic mass is 10.1. The van der Waals surface area contributed by atoms with E-state index in [-0.39, 0.29) is 0 Å². The summed E-state index contributed by atoms with van der Waals surface area (Å²) in [5.41, 5.74) is 1.86. The maximum atomic E-state index is 5.07. The van der Waals surface area contributed by atoms with E-state index in [4.69, 9.17) is 4.42 Å². The van der Waals surface area contributed by atoms with Gasteiger partial charge in [0.1, 0.15) is 12.1 Å². The largest absolute Gasteiger partial charge is 0.472 e. The van der Waals surface area contributed by atoms with Crippen molar-refractivity contribution in [2.45, 2.75) is 18.9 Å². The zero-order chi connectivity index (χ0) is 12.2. The molecule has 0 atom stereocenters. The van der Waals surface area contributed by atoms with Gasteiger partial charge in [0.2, 0.25) is 0 Å². The number of furan rings is 1. The summed E-state index contributed by atoms with van der Waals surface area (Å²) in [5.74, 6) is 0.883. The number of nitrogens with zero attached hydrogens (tertiary/aromatic N) is 2. The van der Waals surface area contributed by atoms with Crippen LogP contribution in [-0.2, 0) is 0 Å². The number of nitrogens with one attached hydrogen (secondary N) is 2. The van der Waals surface area contributed by atoms with E-state index < -0.39 is 0 Å². The molecule has 0 saturated carbocycles. The fraction of sp³-hybridized carbons (Fsp3) is 0.385. The molecule has 1 fully saturated rings. The molecule has 0 aromatic carbocycles. The quantitative estimate of drug-likeness (QED) is 0.863. The van der Waals surface area contributed by atoms with Crippen LogP contribution in [0, 0.1) is 0 Å². The normalized spacial score (nSPS) is 16.7. The summed E-state index contributed by atoms with van der Waals surface area (Å²) in [6.45, 7) is 2.13. The molecular weight excluding hydrogens is 228 g/mol.